The lowest BCUT2D eigenvalue weighted by Gasteiger charge is -2.37. The van der Waals surface area contributed by atoms with Crippen molar-refractivity contribution in [3.8, 4) is 17.1 Å². The molecular formula is C30H29F2N7O3S. The third-order valence-corrected chi connectivity index (χ3v) is 11.0. The van der Waals surface area contributed by atoms with Gasteiger partial charge in [-0.05, 0) is 66.5 Å². The number of sulfone groups is 1. The van der Waals surface area contributed by atoms with E-state index in [1.54, 1.807) is 12.1 Å². The fourth-order valence-electron chi connectivity index (χ4n) is 7.38. The summed E-state index contributed by atoms with van der Waals surface area (Å²) in [6.07, 6.45) is 3.88. The fourth-order valence-corrected chi connectivity index (χ4v) is 8.89. The molecule has 43 heavy (non-hydrogen) atoms. The molecule has 2 aliphatic carbocycles. The highest BCUT2D eigenvalue weighted by atomic mass is 32.2. The minimum atomic E-state index is -3.55. The monoisotopic (exact) mass is 605 g/mol. The zero-order chi connectivity index (χ0) is 30.1. The Morgan fingerprint density at radius 1 is 1.07 bits per heavy atom. The summed E-state index contributed by atoms with van der Waals surface area (Å²) < 4.78 is 56.1. The van der Waals surface area contributed by atoms with E-state index in [1.165, 1.54) is 29.2 Å². The molecule has 1 unspecified atom stereocenters. The molecule has 1 N–H and O–H groups in total. The average molecular weight is 606 g/mol. The van der Waals surface area contributed by atoms with Crippen molar-refractivity contribution in [1.82, 2.24) is 35.3 Å². The van der Waals surface area contributed by atoms with Crippen LogP contribution >= 0.6 is 0 Å². The normalized spacial score (nSPS) is 23.9. The Morgan fingerprint density at radius 3 is 2.58 bits per heavy atom. The number of benzene rings is 1. The third kappa shape index (κ3) is 4.35. The highest BCUT2D eigenvalue weighted by molar-refractivity contribution is 7.90. The summed E-state index contributed by atoms with van der Waals surface area (Å²) >= 11 is 0. The van der Waals surface area contributed by atoms with Gasteiger partial charge in [-0.15, -0.1) is 10.2 Å². The number of carbonyl (C=O) groups excluding carboxylic acids is 1. The minimum absolute atomic E-state index is 0.0878. The maximum absolute atomic E-state index is 14.6. The van der Waals surface area contributed by atoms with Crippen molar-refractivity contribution in [1.29, 1.82) is 0 Å². The molecule has 1 saturated carbocycles. The Bertz CT molecular complexity index is 1870. The van der Waals surface area contributed by atoms with E-state index in [9.17, 15) is 22.0 Å². The van der Waals surface area contributed by atoms with Crippen LogP contribution in [0.15, 0.2) is 48.8 Å². The van der Waals surface area contributed by atoms with Gasteiger partial charge in [-0.3, -0.25) is 4.79 Å². The molecule has 3 atom stereocenters. The van der Waals surface area contributed by atoms with Crippen LogP contribution in [0.3, 0.4) is 0 Å². The molecule has 1 saturated heterocycles. The van der Waals surface area contributed by atoms with Gasteiger partial charge < -0.3 is 5.32 Å². The Kier molecular flexibility index (Phi) is 6.24. The molecule has 7 rings (SSSR count). The summed E-state index contributed by atoms with van der Waals surface area (Å²) in [5.41, 5.74) is 1.49. The summed E-state index contributed by atoms with van der Waals surface area (Å²) in [5, 5.41) is 16.0. The Morgan fingerprint density at radius 2 is 1.84 bits per heavy atom. The molecule has 2 fully saturated rings. The summed E-state index contributed by atoms with van der Waals surface area (Å²) in [5.74, 6) is -1.33. The fraction of sp³-hybridized carbons (Fsp3) is 0.400. The summed E-state index contributed by atoms with van der Waals surface area (Å²) in [6, 6.07) is 10.7. The van der Waals surface area contributed by atoms with Crippen LogP contribution in [-0.4, -0.2) is 56.1 Å². The lowest BCUT2D eigenvalue weighted by Crippen LogP contribution is -2.38. The molecule has 1 aliphatic heterocycles. The molecule has 1 aromatic carbocycles. The molecule has 3 aromatic heterocycles. The molecule has 222 valence electrons. The number of aromatic nitrogens is 6. The summed E-state index contributed by atoms with van der Waals surface area (Å²) in [7, 11) is -3.55. The lowest BCUT2D eigenvalue weighted by molar-refractivity contribution is -0.119. The first-order valence-electron chi connectivity index (χ1n) is 14.2. The molecule has 4 heterocycles. The number of fused-ring (bicyclic) bond motifs is 5. The van der Waals surface area contributed by atoms with Crippen LogP contribution in [0.5, 0.6) is 0 Å². The minimum Gasteiger partial charge on any atom is -0.352 e. The van der Waals surface area contributed by atoms with E-state index >= 15 is 0 Å². The second kappa shape index (κ2) is 9.69. The van der Waals surface area contributed by atoms with E-state index in [0.717, 1.165) is 29.8 Å². The standard InChI is InChI=1S/C30H29F2N7O3S/c1-29(2)19-11-12-30(29,28-18(19)13-22(36-37-28)27-20(31)5-3-6-21(27)32)23-7-4-8-25(35-23)39-16-33-24(38-39)15-43(41,42)14-17-9-10-26(40)34-17/h3-8,13,16-17,19H,9-12,14-15H2,1-2H3,(H,34,40)/t17?,19-,30-/m0/s1. The van der Waals surface area contributed by atoms with Gasteiger partial charge in [0.15, 0.2) is 21.5 Å². The van der Waals surface area contributed by atoms with E-state index in [4.69, 9.17) is 4.98 Å². The van der Waals surface area contributed by atoms with E-state index in [2.05, 4.69) is 39.4 Å². The molecule has 10 nitrogen and oxygen atoms in total. The first kappa shape index (κ1) is 27.7. The number of carbonyl (C=O) groups is 1. The summed E-state index contributed by atoms with van der Waals surface area (Å²) in [6.45, 7) is 4.32. The molecule has 4 aromatic rings. The van der Waals surface area contributed by atoms with Gasteiger partial charge in [0.2, 0.25) is 5.91 Å². The second-order valence-electron chi connectivity index (χ2n) is 12.2. The van der Waals surface area contributed by atoms with E-state index in [1.807, 2.05) is 12.1 Å². The Hall–Kier alpha value is -4.13. The van der Waals surface area contributed by atoms with Crippen molar-refractivity contribution in [3.05, 3.63) is 83.2 Å². The number of hydrogen-bond donors (Lipinski definition) is 1. The van der Waals surface area contributed by atoms with Crippen molar-refractivity contribution in [3.63, 3.8) is 0 Å². The van der Waals surface area contributed by atoms with Gasteiger partial charge in [-0.1, -0.05) is 26.0 Å². The molecule has 2 bridgehead atoms. The zero-order valence-electron chi connectivity index (χ0n) is 23.6. The Balaban J connectivity index is 1.21. The van der Waals surface area contributed by atoms with Crippen LogP contribution in [-0.2, 0) is 25.8 Å². The van der Waals surface area contributed by atoms with Gasteiger partial charge in [0.25, 0.3) is 0 Å². The maximum Gasteiger partial charge on any atom is 0.220 e. The number of rotatable bonds is 7. The number of amides is 1. The SMILES string of the molecule is CC1(C)[C@H]2CC[C@]1(c1cccc(-n3cnc(CS(=O)(=O)CC4CCC(=O)N4)n3)n1)c1nnc(-c3c(F)cccc3F)cc12. The third-order valence-electron chi connectivity index (χ3n) is 9.44. The highest BCUT2D eigenvalue weighted by Gasteiger charge is 2.65. The number of nitrogens with zero attached hydrogens (tertiary/aromatic N) is 6. The number of hydrogen-bond acceptors (Lipinski definition) is 8. The van der Waals surface area contributed by atoms with Gasteiger partial charge in [0, 0.05) is 12.5 Å². The van der Waals surface area contributed by atoms with Crippen molar-refractivity contribution < 1.29 is 22.0 Å². The number of pyridine rings is 1. The predicted molar refractivity (Wildman–Crippen MR) is 152 cm³/mol. The zero-order valence-corrected chi connectivity index (χ0v) is 24.4. The van der Waals surface area contributed by atoms with E-state index in [0.29, 0.717) is 18.7 Å². The topological polar surface area (TPSA) is 133 Å². The van der Waals surface area contributed by atoms with Crippen molar-refractivity contribution in [2.75, 3.05) is 5.75 Å². The molecule has 0 radical (unpaired) electrons. The van der Waals surface area contributed by atoms with E-state index < -0.39 is 32.9 Å². The highest BCUT2D eigenvalue weighted by Crippen LogP contribution is 2.69. The predicted octanol–water partition coefficient (Wildman–Crippen LogP) is 3.79. The van der Waals surface area contributed by atoms with E-state index in [-0.39, 0.29) is 45.8 Å². The van der Waals surface area contributed by atoms with Crippen LogP contribution in [0, 0.1) is 17.0 Å². The van der Waals surface area contributed by atoms with Gasteiger partial charge in [-0.25, -0.2) is 31.8 Å². The van der Waals surface area contributed by atoms with Crippen molar-refractivity contribution >= 4 is 15.7 Å². The summed E-state index contributed by atoms with van der Waals surface area (Å²) in [4.78, 5) is 20.7. The van der Waals surface area contributed by atoms with Gasteiger partial charge in [0.1, 0.15) is 23.7 Å². The molecule has 0 spiro atoms. The smallest absolute Gasteiger partial charge is 0.220 e. The Labute approximate surface area is 246 Å². The van der Waals surface area contributed by atoms with Crippen LogP contribution in [0.4, 0.5) is 8.78 Å². The van der Waals surface area contributed by atoms with Gasteiger partial charge in [-0.2, -0.15) is 5.10 Å². The molecule has 1 amide bonds. The van der Waals surface area contributed by atoms with Gasteiger partial charge >= 0.3 is 0 Å². The van der Waals surface area contributed by atoms with Crippen molar-refractivity contribution in [2.24, 2.45) is 5.41 Å². The van der Waals surface area contributed by atoms with Crippen LogP contribution in [0.2, 0.25) is 0 Å². The molecular weight excluding hydrogens is 576 g/mol. The van der Waals surface area contributed by atoms with Crippen LogP contribution < -0.4 is 5.32 Å². The molecule has 3 aliphatic rings. The van der Waals surface area contributed by atoms with Crippen LogP contribution in [0.1, 0.15) is 68.2 Å². The number of halogens is 2. The first-order chi connectivity index (χ1) is 20.5. The quantitative estimate of drug-likeness (QED) is 0.337. The average Bonchev–Trinajstić information content (AvgIpc) is 3.69. The number of nitrogens with one attached hydrogen (secondary N) is 1. The largest absolute Gasteiger partial charge is 0.352 e. The van der Waals surface area contributed by atoms with Crippen LogP contribution in [0.25, 0.3) is 17.1 Å². The first-order valence-corrected chi connectivity index (χ1v) is 16.0. The maximum atomic E-state index is 14.6. The molecule has 13 heteroatoms. The lowest BCUT2D eigenvalue weighted by atomic mass is 9.66. The van der Waals surface area contributed by atoms with Crippen molar-refractivity contribution in [2.45, 2.75) is 62.7 Å². The second-order valence-corrected chi connectivity index (χ2v) is 14.3. The van der Waals surface area contributed by atoms with Gasteiger partial charge in [0.05, 0.1) is 33.8 Å².